The van der Waals surface area contributed by atoms with Crippen LogP contribution in [0.4, 0.5) is 5.82 Å². The summed E-state index contributed by atoms with van der Waals surface area (Å²) in [4.78, 5) is 17.2. The van der Waals surface area contributed by atoms with Crippen molar-refractivity contribution in [3.8, 4) is 0 Å². The van der Waals surface area contributed by atoms with E-state index in [4.69, 9.17) is 5.11 Å². The van der Waals surface area contributed by atoms with E-state index in [1.54, 1.807) is 12.3 Å². The van der Waals surface area contributed by atoms with E-state index in [9.17, 15) is 4.79 Å². The molecular formula is C17H24N2O2. The average molecular weight is 288 g/mol. The van der Waals surface area contributed by atoms with Gasteiger partial charge >= 0.3 is 5.97 Å². The van der Waals surface area contributed by atoms with E-state index >= 15 is 0 Å². The van der Waals surface area contributed by atoms with Crippen LogP contribution in [0, 0.1) is 5.92 Å². The molecule has 1 fully saturated rings. The van der Waals surface area contributed by atoms with Crippen LogP contribution in [0.5, 0.6) is 0 Å². The van der Waals surface area contributed by atoms with E-state index in [1.165, 1.54) is 32.1 Å². The first-order valence-electron chi connectivity index (χ1n) is 7.70. The minimum atomic E-state index is -0.941. The van der Waals surface area contributed by atoms with Crippen molar-refractivity contribution in [1.82, 2.24) is 4.98 Å². The number of aromatic nitrogens is 1. The number of hydrogen-bond acceptors (Lipinski definition) is 3. The molecule has 1 aromatic rings. The number of anilines is 1. The fourth-order valence-electron chi connectivity index (χ4n) is 3.00. The fraction of sp³-hybridized carbons (Fsp3) is 0.529. The van der Waals surface area contributed by atoms with Crippen LogP contribution >= 0.6 is 0 Å². The van der Waals surface area contributed by atoms with Gasteiger partial charge in [0, 0.05) is 25.4 Å². The molecule has 21 heavy (non-hydrogen) atoms. The summed E-state index contributed by atoms with van der Waals surface area (Å²) >= 11 is 0. The van der Waals surface area contributed by atoms with Gasteiger partial charge in [0.25, 0.3) is 0 Å². The second kappa shape index (κ2) is 7.25. The van der Waals surface area contributed by atoms with Gasteiger partial charge in [-0.15, -0.1) is 0 Å². The maximum atomic E-state index is 10.5. The molecule has 0 bridgehead atoms. The predicted octanol–water partition coefficient (Wildman–Crippen LogP) is 3.58. The number of aliphatic carboxylic acids is 1. The molecule has 1 N–H and O–H groups in total. The van der Waals surface area contributed by atoms with Crippen LogP contribution in [-0.4, -0.2) is 29.1 Å². The number of nitrogens with zero attached hydrogens (tertiary/aromatic N) is 2. The van der Waals surface area contributed by atoms with E-state index in [1.807, 2.05) is 12.1 Å². The van der Waals surface area contributed by atoms with Crippen LogP contribution in [0.15, 0.2) is 24.4 Å². The van der Waals surface area contributed by atoms with Crippen LogP contribution in [0.3, 0.4) is 0 Å². The second-order valence-electron chi connectivity index (χ2n) is 5.82. The molecule has 1 saturated carbocycles. The molecule has 0 aliphatic heterocycles. The third-order valence-electron chi connectivity index (χ3n) is 4.49. The Bertz CT molecular complexity index is 488. The van der Waals surface area contributed by atoms with Gasteiger partial charge in [-0.2, -0.15) is 0 Å². The van der Waals surface area contributed by atoms with Crippen LogP contribution in [0.25, 0.3) is 6.08 Å². The van der Waals surface area contributed by atoms with E-state index in [2.05, 4.69) is 23.9 Å². The summed E-state index contributed by atoms with van der Waals surface area (Å²) in [7, 11) is 2.10. The second-order valence-corrected chi connectivity index (χ2v) is 5.82. The highest BCUT2D eigenvalue weighted by Crippen LogP contribution is 2.30. The van der Waals surface area contributed by atoms with Gasteiger partial charge < -0.3 is 10.0 Å². The average Bonchev–Trinajstić information content (AvgIpc) is 2.53. The highest BCUT2D eigenvalue weighted by atomic mass is 16.4. The number of carbonyl (C=O) groups is 1. The van der Waals surface area contributed by atoms with Gasteiger partial charge in [-0.05, 0) is 55.4 Å². The summed E-state index contributed by atoms with van der Waals surface area (Å²) in [6, 6.07) is 4.45. The summed E-state index contributed by atoms with van der Waals surface area (Å²) in [5, 5.41) is 8.61. The lowest BCUT2D eigenvalue weighted by atomic mass is 9.84. The van der Waals surface area contributed by atoms with Crippen LogP contribution in [0.1, 0.15) is 44.6 Å². The molecule has 0 saturated heterocycles. The molecule has 1 aliphatic rings. The van der Waals surface area contributed by atoms with E-state index in [0.717, 1.165) is 23.4 Å². The normalized spacial score (nSPS) is 22.4. The smallest absolute Gasteiger partial charge is 0.328 e. The van der Waals surface area contributed by atoms with E-state index in [-0.39, 0.29) is 0 Å². The number of rotatable bonds is 5. The Morgan fingerprint density at radius 2 is 2.10 bits per heavy atom. The highest BCUT2D eigenvalue weighted by Gasteiger charge is 2.23. The summed E-state index contributed by atoms with van der Waals surface area (Å²) in [5.74, 6) is 0.914. The van der Waals surface area contributed by atoms with E-state index < -0.39 is 5.97 Å². The number of carboxylic acids is 1. The summed E-state index contributed by atoms with van der Waals surface area (Å²) in [5.41, 5.74) is 0.809. The first-order valence-corrected chi connectivity index (χ1v) is 7.70. The Labute approximate surface area is 126 Å². The number of carboxylic acid groups (broad SMARTS) is 1. The summed E-state index contributed by atoms with van der Waals surface area (Å²) < 4.78 is 0. The molecule has 0 aromatic carbocycles. The van der Waals surface area contributed by atoms with Gasteiger partial charge in [0.05, 0.1) is 0 Å². The van der Waals surface area contributed by atoms with Crippen LogP contribution in [0.2, 0.25) is 0 Å². The summed E-state index contributed by atoms with van der Waals surface area (Å²) in [6.45, 7) is 2.28. The zero-order valence-corrected chi connectivity index (χ0v) is 12.8. The highest BCUT2D eigenvalue weighted by molar-refractivity contribution is 5.85. The largest absolute Gasteiger partial charge is 0.478 e. The SMILES string of the molecule is CCC1CCC(N(C)c2ccc(/C=C/C(=O)O)cn2)CC1. The van der Waals surface area contributed by atoms with Crippen molar-refractivity contribution >= 4 is 17.9 Å². The third kappa shape index (κ3) is 4.31. The Balaban J connectivity index is 1.97. The quantitative estimate of drug-likeness (QED) is 0.841. The van der Waals surface area contributed by atoms with Crippen molar-refractivity contribution < 1.29 is 9.90 Å². The van der Waals surface area contributed by atoms with Gasteiger partial charge in [0.2, 0.25) is 0 Å². The van der Waals surface area contributed by atoms with Crippen LogP contribution < -0.4 is 4.90 Å². The number of pyridine rings is 1. The molecule has 1 aliphatic carbocycles. The Morgan fingerprint density at radius 1 is 1.38 bits per heavy atom. The van der Waals surface area contributed by atoms with Crippen molar-refractivity contribution in [2.75, 3.05) is 11.9 Å². The Kier molecular flexibility index (Phi) is 5.37. The zero-order chi connectivity index (χ0) is 15.2. The lowest BCUT2D eigenvalue weighted by Gasteiger charge is -2.35. The Morgan fingerprint density at radius 3 is 2.62 bits per heavy atom. The molecule has 1 aromatic heterocycles. The molecule has 0 atom stereocenters. The van der Waals surface area contributed by atoms with Gasteiger partial charge in [0.1, 0.15) is 5.82 Å². The maximum absolute atomic E-state index is 10.5. The van der Waals surface area contributed by atoms with Gasteiger partial charge in [-0.1, -0.05) is 13.3 Å². The van der Waals surface area contributed by atoms with Crippen LogP contribution in [-0.2, 0) is 4.79 Å². The molecule has 114 valence electrons. The monoisotopic (exact) mass is 288 g/mol. The molecule has 4 heteroatoms. The molecule has 2 rings (SSSR count). The first-order chi connectivity index (χ1) is 10.1. The summed E-state index contributed by atoms with van der Waals surface area (Å²) in [6.07, 6.45) is 10.8. The van der Waals surface area contributed by atoms with Crippen molar-refractivity contribution in [2.24, 2.45) is 5.92 Å². The lowest BCUT2D eigenvalue weighted by Crippen LogP contribution is -2.35. The molecule has 1 heterocycles. The molecule has 4 nitrogen and oxygen atoms in total. The lowest BCUT2D eigenvalue weighted by molar-refractivity contribution is -0.131. The van der Waals surface area contributed by atoms with Gasteiger partial charge in [0.15, 0.2) is 0 Å². The fourth-order valence-corrected chi connectivity index (χ4v) is 3.00. The minimum absolute atomic E-state index is 0.570. The zero-order valence-electron chi connectivity index (χ0n) is 12.8. The molecule has 0 radical (unpaired) electrons. The molecular weight excluding hydrogens is 264 g/mol. The van der Waals surface area contributed by atoms with Crippen molar-refractivity contribution in [2.45, 2.75) is 45.1 Å². The minimum Gasteiger partial charge on any atom is -0.478 e. The molecule has 0 amide bonds. The third-order valence-corrected chi connectivity index (χ3v) is 4.49. The van der Waals surface area contributed by atoms with Gasteiger partial charge in [-0.25, -0.2) is 9.78 Å². The predicted molar refractivity (Wildman–Crippen MR) is 85.3 cm³/mol. The van der Waals surface area contributed by atoms with Crippen molar-refractivity contribution in [1.29, 1.82) is 0 Å². The van der Waals surface area contributed by atoms with Gasteiger partial charge in [-0.3, -0.25) is 0 Å². The van der Waals surface area contributed by atoms with Crippen molar-refractivity contribution in [3.05, 3.63) is 30.0 Å². The maximum Gasteiger partial charge on any atom is 0.328 e. The Hall–Kier alpha value is -1.84. The van der Waals surface area contributed by atoms with Crippen molar-refractivity contribution in [3.63, 3.8) is 0 Å². The standard InChI is InChI=1S/C17H24N2O2/c1-3-13-4-8-15(9-5-13)19(2)16-10-6-14(12-18-16)7-11-17(20)21/h6-7,10-13,15H,3-5,8-9H2,1-2H3,(H,20,21)/b11-7+. The molecule has 0 unspecified atom stereocenters. The first kappa shape index (κ1) is 15.5. The van der Waals surface area contributed by atoms with E-state index in [0.29, 0.717) is 6.04 Å². The molecule has 0 spiro atoms. The number of hydrogen-bond donors (Lipinski definition) is 1. The topological polar surface area (TPSA) is 53.4 Å².